The molecule has 1 aromatic carbocycles. The zero-order valence-corrected chi connectivity index (χ0v) is 11.7. The van der Waals surface area contributed by atoms with E-state index in [-0.39, 0.29) is 5.60 Å². The van der Waals surface area contributed by atoms with Crippen molar-refractivity contribution in [2.45, 2.75) is 38.0 Å². The molecule has 19 heavy (non-hydrogen) atoms. The van der Waals surface area contributed by atoms with Crippen molar-refractivity contribution in [3.05, 3.63) is 35.9 Å². The van der Waals surface area contributed by atoms with Gasteiger partial charge in [0.05, 0.1) is 12.7 Å². The zero-order chi connectivity index (χ0) is 13.1. The van der Waals surface area contributed by atoms with Crippen LogP contribution in [0, 0.1) is 0 Å². The van der Waals surface area contributed by atoms with Crippen LogP contribution in [0.15, 0.2) is 30.3 Å². The maximum atomic E-state index is 6.29. The van der Waals surface area contributed by atoms with E-state index in [0.717, 1.165) is 45.7 Å². The Kier molecular flexibility index (Phi) is 3.87. The van der Waals surface area contributed by atoms with Gasteiger partial charge in [0.1, 0.15) is 5.60 Å². The summed E-state index contributed by atoms with van der Waals surface area (Å²) in [5.41, 5.74) is 1.33. The highest BCUT2D eigenvalue weighted by atomic mass is 16.6. The number of benzene rings is 1. The van der Waals surface area contributed by atoms with Crippen LogP contribution in [0.5, 0.6) is 0 Å². The van der Waals surface area contributed by atoms with Crippen molar-refractivity contribution >= 4 is 0 Å². The first kappa shape index (κ1) is 13.1. The van der Waals surface area contributed by atoms with Crippen LogP contribution in [0.2, 0.25) is 0 Å². The number of ether oxygens (including phenoxy) is 2. The number of hydrogen-bond acceptors (Lipinski definition) is 3. The Morgan fingerprint density at radius 2 is 2.16 bits per heavy atom. The summed E-state index contributed by atoms with van der Waals surface area (Å²) >= 11 is 0. The van der Waals surface area contributed by atoms with E-state index in [1.54, 1.807) is 0 Å². The van der Waals surface area contributed by atoms with Gasteiger partial charge in [0.15, 0.2) is 0 Å². The molecule has 0 amide bonds. The highest BCUT2D eigenvalue weighted by molar-refractivity contribution is 5.14. The van der Waals surface area contributed by atoms with Crippen molar-refractivity contribution in [1.29, 1.82) is 0 Å². The summed E-state index contributed by atoms with van der Waals surface area (Å²) in [5, 5.41) is 0. The predicted molar refractivity (Wildman–Crippen MR) is 75.1 cm³/mol. The minimum atomic E-state index is -0.0479. The van der Waals surface area contributed by atoms with E-state index in [1.165, 1.54) is 5.56 Å². The lowest BCUT2D eigenvalue weighted by atomic mass is 9.98. The Morgan fingerprint density at radius 1 is 1.32 bits per heavy atom. The van der Waals surface area contributed by atoms with Crippen molar-refractivity contribution in [2.24, 2.45) is 0 Å². The highest BCUT2D eigenvalue weighted by Gasteiger charge is 2.43. The van der Waals surface area contributed by atoms with Gasteiger partial charge < -0.3 is 9.47 Å². The Bertz CT molecular complexity index is 400. The predicted octanol–water partition coefficient (Wildman–Crippen LogP) is 2.46. The Labute approximate surface area is 115 Å². The van der Waals surface area contributed by atoms with Gasteiger partial charge >= 0.3 is 0 Å². The molecule has 0 unspecified atom stereocenters. The lowest BCUT2D eigenvalue weighted by Crippen LogP contribution is -2.55. The van der Waals surface area contributed by atoms with Crippen LogP contribution in [-0.4, -0.2) is 42.9 Å². The number of morpholine rings is 1. The zero-order valence-electron chi connectivity index (χ0n) is 11.7. The van der Waals surface area contributed by atoms with Gasteiger partial charge in [-0.2, -0.15) is 0 Å². The fourth-order valence-corrected chi connectivity index (χ4v) is 3.17. The van der Waals surface area contributed by atoms with Crippen LogP contribution in [0.25, 0.3) is 0 Å². The summed E-state index contributed by atoms with van der Waals surface area (Å²) in [6.07, 6.45) is 2.46. The van der Waals surface area contributed by atoms with Gasteiger partial charge in [0, 0.05) is 32.7 Å². The minimum Gasteiger partial charge on any atom is -0.378 e. The molecule has 3 rings (SSSR count). The average molecular weight is 261 g/mol. The summed E-state index contributed by atoms with van der Waals surface area (Å²) < 4.78 is 11.9. The van der Waals surface area contributed by atoms with Crippen molar-refractivity contribution in [3.8, 4) is 0 Å². The molecule has 0 saturated carbocycles. The fraction of sp³-hybridized carbons (Fsp3) is 0.625. The molecular weight excluding hydrogens is 238 g/mol. The first-order chi connectivity index (χ1) is 9.30. The Balaban J connectivity index is 1.70. The maximum absolute atomic E-state index is 6.29. The van der Waals surface area contributed by atoms with Crippen molar-refractivity contribution in [1.82, 2.24) is 4.90 Å². The smallest absolute Gasteiger partial charge is 0.107 e. The lowest BCUT2D eigenvalue weighted by Gasteiger charge is -2.43. The maximum Gasteiger partial charge on any atom is 0.107 e. The van der Waals surface area contributed by atoms with Crippen molar-refractivity contribution < 1.29 is 9.47 Å². The molecule has 2 fully saturated rings. The first-order valence-electron chi connectivity index (χ1n) is 7.31. The molecule has 104 valence electrons. The number of nitrogens with zero attached hydrogens (tertiary/aromatic N) is 1. The molecule has 2 heterocycles. The fourth-order valence-electron chi connectivity index (χ4n) is 3.17. The molecule has 2 aliphatic rings. The SMILES string of the molecule is CC[C@@H]1CN(Cc2ccccc2)C[C@@]2(CCOC2)O1. The number of rotatable bonds is 3. The van der Waals surface area contributed by atoms with E-state index in [0.29, 0.717) is 6.10 Å². The molecule has 3 heteroatoms. The second-order valence-electron chi connectivity index (χ2n) is 5.79. The van der Waals surface area contributed by atoms with Crippen LogP contribution < -0.4 is 0 Å². The molecule has 2 atom stereocenters. The second-order valence-corrected chi connectivity index (χ2v) is 5.79. The quantitative estimate of drug-likeness (QED) is 0.834. The van der Waals surface area contributed by atoms with Crippen molar-refractivity contribution in [3.63, 3.8) is 0 Å². The molecule has 2 saturated heterocycles. The molecular formula is C16H23NO2. The third-order valence-electron chi connectivity index (χ3n) is 4.16. The Morgan fingerprint density at radius 3 is 2.84 bits per heavy atom. The largest absolute Gasteiger partial charge is 0.378 e. The lowest BCUT2D eigenvalue weighted by molar-refractivity contribution is -0.156. The van der Waals surface area contributed by atoms with E-state index in [4.69, 9.17) is 9.47 Å². The Hall–Kier alpha value is -0.900. The van der Waals surface area contributed by atoms with Crippen LogP contribution in [0.3, 0.4) is 0 Å². The van der Waals surface area contributed by atoms with E-state index in [2.05, 4.69) is 42.2 Å². The van der Waals surface area contributed by atoms with E-state index in [9.17, 15) is 0 Å². The summed E-state index contributed by atoms with van der Waals surface area (Å²) in [6, 6.07) is 10.7. The molecule has 3 nitrogen and oxygen atoms in total. The highest BCUT2D eigenvalue weighted by Crippen LogP contribution is 2.31. The molecule has 1 aromatic rings. The van der Waals surface area contributed by atoms with E-state index >= 15 is 0 Å². The van der Waals surface area contributed by atoms with E-state index < -0.39 is 0 Å². The molecule has 0 bridgehead atoms. The first-order valence-corrected chi connectivity index (χ1v) is 7.31. The van der Waals surface area contributed by atoms with Gasteiger partial charge in [-0.25, -0.2) is 0 Å². The third kappa shape index (κ3) is 2.99. The van der Waals surface area contributed by atoms with Crippen LogP contribution >= 0.6 is 0 Å². The number of hydrogen-bond donors (Lipinski definition) is 0. The summed E-state index contributed by atoms with van der Waals surface area (Å²) in [5.74, 6) is 0. The van der Waals surface area contributed by atoms with Crippen LogP contribution in [-0.2, 0) is 16.0 Å². The monoisotopic (exact) mass is 261 g/mol. The summed E-state index contributed by atoms with van der Waals surface area (Å²) in [4.78, 5) is 2.53. The molecule has 0 aromatic heterocycles. The summed E-state index contributed by atoms with van der Waals surface area (Å²) in [7, 11) is 0. The molecule has 0 radical (unpaired) electrons. The van der Waals surface area contributed by atoms with E-state index in [1.807, 2.05) is 0 Å². The van der Waals surface area contributed by atoms with Gasteiger partial charge in [0.2, 0.25) is 0 Å². The van der Waals surface area contributed by atoms with Gasteiger partial charge in [-0.1, -0.05) is 37.3 Å². The average Bonchev–Trinajstić information content (AvgIpc) is 2.87. The minimum absolute atomic E-state index is 0.0479. The topological polar surface area (TPSA) is 21.7 Å². The molecule has 0 aliphatic carbocycles. The van der Waals surface area contributed by atoms with Gasteiger partial charge in [-0.3, -0.25) is 4.90 Å². The molecule has 0 N–H and O–H groups in total. The summed E-state index contributed by atoms with van der Waals surface area (Å²) in [6.45, 7) is 6.86. The molecule has 1 spiro atoms. The van der Waals surface area contributed by atoms with Crippen LogP contribution in [0.4, 0.5) is 0 Å². The van der Waals surface area contributed by atoms with Gasteiger partial charge in [0.25, 0.3) is 0 Å². The second kappa shape index (κ2) is 5.61. The molecule has 2 aliphatic heterocycles. The third-order valence-corrected chi connectivity index (χ3v) is 4.16. The van der Waals surface area contributed by atoms with Crippen LogP contribution in [0.1, 0.15) is 25.3 Å². The van der Waals surface area contributed by atoms with Gasteiger partial charge in [-0.15, -0.1) is 0 Å². The van der Waals surface area contributed by atoms with Crippen molar-refractivity contribution in [2.75, 3.05) is 26.3 Å². The van der Waals surface area contributed by atoms with Gasteiger partial charge in [-0.05, 0) is 12.0 Å². The standard InChI is InChI=1S/C16H23NO2/c1-2-15-11-17(10-14-6-4-3-5-7-14)12-16(19-15)8-9-18-13-16/h3-7,15H,2,8-13H2,1H3/t15-,16-/m1/s1. The normalized spacial score (nSPS) is 31.9.